The van der Waals surface area contributed by atoms with Crippen LogP contribution in [0.1, 0.15) is 16.8 Å². The van der Waals surface area contributed by atoms with Crippen molar-refractivity contribution in [1.82, 2.24) is 29.5 Å². The molecule has 146 valence electrons. The number of ether oxygens (including phenoxy) is 1. The zero-order chi connectivity index (χ0) is 20.2. The molecule has 29 heavy (non-hydrogen) atoms. The molecule has 0 bridgehead atoms. The van der Waals surface area contributed by atoms with E-state index in [-0.39, 0.29) is 0 Å². The van der Waals surface area contributed by atoms with Gasteiger partial charge < -0.3 is 10.1 Å². The Morgan fingerprint density at radius 1 is 1.24 bits per heavy atom. The van der Waals surface area contributed by atoms with Crippen LogP contribution in [-0.4, -0.2) is 43.2 Å². The summed E-state index contributed by atoms with van der Waals surface area (Å²) in [7, 11) is 1.66. The summed E-state index contributed by atoms with van der Waals surface area (Å²) in [5, 5.41) is 22.3. The largest absolute Gasteiger partial charge is 0.383 e. The predicted octanol–water partition coefficient (Wildman–Crippen LogP) is 2.64. The molecule has 0 saturated carbocycles. The van der Waals surface area contributed by atoms with Crippen LogP contribution in [0.4, 0.5) is 11.6 Å². The molecule has 0 aliphatic carbocycles. The number of nitriles is 1. The Labute approximate surface area is 167 Å². The number of hydrogen-bond acceptors (Lipinski definition) is 7. The van der Waals surface area contributed by atoms with Crippen molar-refractivity contribution in [3.63, 3.8) is 0 Å². The molecule has 4 aromatic rings. The van der Waals surface area contributed by atoms with Crippen molar-refractivity contribution in [2.45, 2.75) is 20.0 Å². The van der Waals surface area contributed by atoms with Crippen LogP contribution >= 0.6 is 0 Å². The number of nitrogens with zero attached hydrogens (tertiary/aromatic N) is 7. The molecule has 0 spiro atoms. The molecular formula is C20H20N8O. The van der Waals surface area contributed by atoms with Gasteiger partial charge in [0.05, 0.1) is 54.3 Å². The maximum absolute atomic E-state index is 9.32. The Kier molecular flexibility index (Phi) is 5.18. The van der Waals surface area contributed by atoms with Crippen LogP contribution in [-0.2, 0) is 17.8 Å². The highest BCUT2D eigenvalue weighted by Gasteiger charge is 2.11. The zero-order valence-corrected chi connectivity index (χ0v) is 16.2. The highest BCUT2D eigenvalue weighted by molar-refractivity contribution is 5.75. The fourth-order valence-corrected chi connectivity index (χ4v) is 3.03. The molecular weight excluding hydrogens is 368 g/mol. The number of rotatable bonds is 7. The van der Waals surface area contributed by atoms with E-state index in [0.717, 1.165) is 22.3 Å². The quantitative estimate of drug-likeness (QED) is 0.519. The average Bonchev–Trinajstić information content (AvgIpc) is 3.30. The van der Waals surface area contributed by atoms with Gasteiger partial charge >= 0.3 is 0 Å². The molecule has 3 aromatic heterocycles. The molecule has 0 fully saturated rings. The van der Waals surface area contributed by atoms with E-state index in [1.165, 1.54) is 0 Å². The molecule has 9 nitrogen and oxygen atoms in total. The van der Waals surface area contributed by atoms with Gasteiger partial charge in [-0.2, -0.15) is 20.4 Å². The predicted molar refractivity (Wildman–Crippen MR) is 108 cm³/mol. The van der Waals surface area contributed by atoms with Crippen molar-refractivity contribution < 1.29 is 4.74 Å². The summed E-state index contributed by atoms with van der Waals surface area (Å²) in [4.78, 5) is 9.01. The number of aromatic nitrogens is 6. The minimum Gasteiger partial charge on any atom is -0.383 e. The van der Waals surface area contributed by atoms with Crippen LogP contribution in [0.5, 0.6) is 0 Å². The van der Waals surface area contributed by atoms with E-state index >= 15 is 0 Å². The maximum Gasteiger partial charge on any atom is 0.229 e. The SMILES string of the molecule is COCCn1cc(Nc2ncc3cnn(Cc4ccccc4C#N)c3n2)c(C)n1. The van der Waals surface area contributed by atoms with E-state index in [4.69, 9.17) is 4.74 Å². The van der Waals surface area contributed by atoms with Crippen LogP contribution in [0.3, 0.4) is 0 Å². The number of aryl methyl sites for hydroxylation is 1. The molecule has 0 radical (unpaired) electrons. The second kappa shape index (κ2) is 8.08. The van der Waals surface area contributed by atoms with Gasteiger partial charge in [0.25, 0.3) is 0 Å². The maximum atomic E-state index is 9.32. The minimum atomic E-state index is 0.456. The fraction of sp³-hybridized carbons (Fsp3) is 0.250. The van der Waals surface area contributed by atoms with E-state index in [9.17, 15) is 5.26 Å². The average molecular weight is 388 g/mol. The van der Waals surface area contributed by atoms with E-state index < -0.39 is 0 Å². The van der Waals surface area contributed by atoms with Gasteiger partial charge in [0.15, 0.2) is 5.65 Å². The van der Waals surface area contributed by atoms with Crippen molar-refractivity contribution in [3.8, 4) is 6.07 Å². The van der Waals surface area contributed by atoms with Gasteiger partial charge in [0.1, 0.15) is 0 Å². The van der Waals surface area contributed by atoms with Gasteiger partial charge in [-0.15, -0.1) is 0 Å². The third-order valence-corrected chi connectivity index (χ3v) is 4.55. The van der Waals surface area contributed by atoms with Crippen molar-refractivity contribution in [2.75, 3.05) is 19.0 Å². The summed E-state index contributed by atoms with van der Waals surface area (Å²) in [5.74, 6) is 0.460. The highest BCUT2D eigenvalue weighted by Crippen LogP contribution is 2.20. The van der Waals surface area contributed by atoms with Crippen molar-refractivity contribution >= 4 is 22.7 Å². The van der Waals surface area contributed by atoms with Crippen LogP contribution in [0.25, 0.3) is 11.0 Å². The molecule has 0 aliphatic heterocycles. The van der Waals surface area contributed by atoms with E-state index in [0.29, 0.717) is 36.9 Å². The summed E-state index contributed by atoms with van der Waals surface area (Å²) in [6.07, 6.45) is 5.36. The summed E-state index contributed by atoms with van der Waals surface area (Å²) < 4.78 is 8.69. The summed E-state index contributed by atoms with van der Waals surface area (Å²) in [6, 6.07) is 9.70. The second-order valence-electron chi connectivity index (χ2n) is 6.55. The van der Waals surface area contributed by atoms with E-state index in [2.05, 4.69) is 31.6 Å². The van der Waals surface area contributed by atoms with Gasteiger partial charge in [-0.25, -0.2) is 9.67 Å². The van der Waals surface area contributed by atoms with Gasteiger partial charge in [-0.05, 0) is 18.6 Å². The molecule has 0 amide bonds. The minimum absolute atomic E-state index is 0.456. The molecule has 0 saturated heterocycles. The fourth-order valence-electron chi connectivity index (χ4n) is 3.03. The topological polar surface area (TPSA) is 106 Å². The Hall–Kier alpha value is -3.77. The van der Waals surface area contributed by atoms with Crippen molar-refractivity contribution in [2.24, 2.45) is 0 Å². The lowest BCUT2D eigenvalue weighted by molar-refractivity contribution is 0.183. The molecule has 0 aliphatic rings. The number of anilines is 2. The monoisotopic (exact) mass is 388 g/mol. The summed E-state index contributed by atoms with van der Waals surface area (Å²) in [6.45, 7) is 3.64. The van der Waals surface area contributed by atoms with Gasteiger partial charge in [-0.3, -0.25) is 4.68 Å². The zero-order valence-electron chi connectivity index (χ0n) is 16.2. The third-order valence-electron chi connectivity index (χ3n) is 4.55. The van der Waals surface area contributed by atoms with E-state index in [1.54, 1.807) is 30.3 Å². The molecule has 9 heteroatoms. The first-order valence-electron chi connectivity index (χ1n) is 9.14. The number of benzene rings is 1. The first-order chi connectivity index (χ1) is 14.2. The number of fused-ring (bicyclic) bond motifs is 1. The van der Waals surface area contributed by atoms with Gasteiger partial charge in [0, 0.05) is 19.5 Å². The van der Waals surface area contributed by atoms with Crippen molar-refractivity contribution in [1.29, 1.82) is 5.26 Å². The van der Waals surface area contributed by atoms with Crippen molar-refractivity contribution in [3.05, 3.63) is 59.7 Å². The lowest BCUT2D eigenvalue weighted by Gasteiger charge is -2.07. The highest BCUT2D eigenvalue weighted by atomic mass is 16.5. The normalized spacial score (nSPS) is 10.9. The summed E-state index contributed by atoms with van der Waals surface area (Å²) >= 11 is 0. The first kappa shape index (κ1) is 18.6. The lowest BCUT2D eigenvalue weighted by Crippen LogP contribution is -2.06. The Balaban J connectivity index is 1.60. The molecule has 1 N–H and O–H groups in total. The van der Waals surface area contributed by atoms with Gasteiger partial charge in [0.2, 0.25) is 5.95 Å². The van der Waals surface area contributed by atoms with Crippen LogP contribution in [0.2, 0.25) is 0 Å². The molecule has 4 rings (SSSR count). The summed E-state index contributed by atoms with van der Waals surface area (Å²) in [5.41, 5.74) is 3.90. The smallest absolute Gasteiger partial charge is 0.229 e. The molecule has 3 heterocycles. The molecule has 0 unspecified atom stereocenters. The lowest BCUT2D eigenvalue weighted by atomic mass is 10.1. The molecule has 0 atom stereocenters. The molecule has 1 aromatic carbocycles. The second-order valence-corrected chi connectivity index (χ2v) is 6.55. The third kappa shape index (κ3) is 3.93. The van der Waals surface area contributed by atoms with Crippen LogP contribution in [0.15, 0.2) is 42.9 Å². The van der Waals surface area contributed by atoms with E-state index in [1.807, 2.05) is 36.0 Å². The standard InChI is InChI=1S/C20H20N8O/c1-14-18(13-27(26-14)7-8-29-2)24-20-22-10-17-11-23-28(19(17)25-20)12-16-6-4-3-5-15(16)9-21/h3-6,10-11,13H,7-8,12H2,1-2H3,(H,22,24,25). The Bertz CT molecular complexity index is 1190. The first-order valence-corrected chi connectivity index (χ1v) is 9.14. The van der Waals surface area contributed by atoms with Crippen LogP contribution < -0.4 is 5.32 Å². The Morgan fingerprint density at radius 3 is 2.93 bits per heavy atom. The Morgan fingerprint density at radius 2 is 2.10 bits per heavy atom. The van der Waals surface area contributed by atoms with Gasteiger partial charge in [-0.1, -0.05) is 18.2 Å². The number of methoxy groups -OCH3 is 1. The number of hydrogen-bond donors (Lipinski definition) is 1. The van der Waals surface area contributed by atoms with Crippen LogP contribution in [0, 0.1) is 18.3 Å². The number of nitrogens with one attached hydrogen (secondary N) is 1.